The maximum atomic E-state index is 12.7. The van der Waals surface area contributed by atoms with Gasteiger partial charge in [-0.15, -0.1) is 0 Å². The van der Waals surface area contributed by atoms with Crippen LogP contribution >= 0.6 is 0 Å². The average molecular weight is 149 g/mol. The predicted octanol–water partition coefficient (Wildman–Crippen LogP) is 2.53. The molecule has 1 nitrogen and oxygen atoms in total. The molecule has 0 saturated heterocycles. The normalized spacial score (nSPS) is 12.1. The minimum Gasteiger partial charge on any atom is -0.226 e. The summed E-state index contributed by atoms with van der Waals surface area (Å²) in [6.07, 6.45) is -1.49. The molecule has 0 heterocycles. The molecule has 1 unspecified atom stereocenters. The van der Waals surface area contributed by atoms with Gasteiger partial charge in [0.1, 0.15) is 6.07 Å². The lowest BCUT2D eigenvalue weighted by Crippen LogP contribution is -1.87. The molecule has 0 aliphatic rings. The van der Waals surface area contributed by atoms with E-state index < -0.39 is 6.17 Å². The molecule has 1 aromatic carbocycles. The molecule has 0 amide bonds. The highest BCUT2D eigenvalue weighted by Crippen LogP contribution is 2.16. The number of hydrogen-bond donors (Lipinski definition) is 0. The fourth-order valence-electron chi connectivity index (χ4n) is 0.902. The number of benzene rings is 1. The van der Waals surface area contributed by atoms with E-state index in [0.29, 0.717) is 5.56 Å². The number of alkyl halides is 1. The molecule has 1 rings (SSSR count). The first kappa shape index (κ1) is 7.74. The first-order valence-corrected chi connectivity index (χ1v) is 3.34. The van der Waals surface area contributed by atoms with Gasteiger partial charge in [-0.25, -0.2) is 4.39 Å². The molecule has 0 fully saturated rings. The van der Waals surface area contributed by atoms with Crippen LogP contribution in [0.25, 0.3) is 0 Å². The lowest BCUT2D eigenvalue weighted by Gasteiger charge is -1.99. The van der Waals surface area contributed by atoms with Gasteiger partial charge in [0.25, 0.3) is 0 Å². The third-order valence-electron chi connectivity index (χ3n) is 1.45. The Morgan fingerprint density at radius 3 is 2.82 bits per heavy atom. The van der Waals surface area contributed by atoms with Gasteiger partial charge in [-0.1, -0.05) is 29.8 Å². The molecule has 0 aliphatic carbocycles. The van der Waals surface area contributed by atoms with Crippen molar-refractivity contribution >= 4 is 0 Å². The maximum absolute atomic E-state index is 12.7. The van der Waals surface area contributed by atoms with Crippen LogP contribution in [0.4, 0.5) is 4.39 Å². The number of aryl methyl sites for hydroxylation is 1. The molecule has 1 atom stereocenters. The number of hydrogen-bond acceptors (Lipinski definition) is 1. The summed E-state index contributed by atoms with van der Waals surface area (Å²) in [6, 6.07) is 8.44. The summed E-state index contributed by atoms with van der Waals surface area (Å²) in [5.41, 5.74) is 1.41. The summed E-state index contributed by atoms with van der Waals surface area (Å²) in [5, 5.41) is 8.25. The van der Waals surface area contributed by atoms with Crippen LogP contribution in [-0.4, -0.2) is 0 Å². The zero-order chi connectivity index (χ0) is 8.27. The molecule has 1 aromatic rings. The van der Waals surface area contributed by atoms with Crippen molar-refractivity contribution in [2.45, 2.75) is 13.1 Å². The van der Waals surface area contributed by atoms with Crippen molar-refractivity contribution in [2.75, 3.05) is 0 Å². The van der Waals surface area contributed by atoms with Gasteiger partial charge in [-0.05, 0) is 6.92 Å². The molecule has 0 saturated carbocycles. The van der Waals surface area contributed by atoms with Gasteiger partial charge in [0.2, 0.25) is 6.17 Å². The van der Waals surface area contributed by atoms with E-state index in [9.17, 15) is 4.39 Å². The van der Waals surface area contributed by atoms with E-state index in [-0.39, 0.29) is 0 Å². The van der Waals surface area contributed by atoms with Gasteiger partial charge in [-0.2, -0.15) is 5.26 Å². The van der Waals surface area contributed by atoms with Gasteiger partial charge in [-0.3, -0.25) is 0 Å². The fraction of sp³-hybridized carbons (Fsp3) is 0.222. The molecule has 0 N–H and O–H groups in total. The zero-order valence-electron chi connectivity index (χ0n) is 6.21. The second-order valence-electron chi connectivity index (χ2n) is 2.41. The third-order valence-corrected chi connectivity index (χ3v) is 1.45. The second kappa shape index (κ2) is 3.16. The Balaban J connectivity index is 2.98. The first-order valence-electron chi connectivity index (χ1n) is 3.34. The molecular formula is C9H8FN. The van der Waals surface area contributed by atoms with Crippen molar-refractivity contribution in [2.24, 2.45) is 0 Å². The van der Waals surface area contributed by atoms with Crippen LogP contribution in [0.1, 0.15) is 17.3 Å². The minimum absolute atomic E-state index is 0.438. The summed E-state index contributed by atoms with van der Waals surface area (Å²) in [4.78, 5) is 0. The number of halogens is 1. The molecule has 2 heteroatoms. The van der Waals surface area contributed by atoms with Crippen molar-refractivity contribution < 1.29 is 4.39 Å². The third kappa shape index (κ3) is 1.78. The van der Waals surface area contributed by atoms with Crippen LogP contribution in [-0.2, 0) is 0 Å². The molecule has 0 spiro atoms. The molecule has 11 heavy (non-hydrogen) atoms. The highest BCUT2D eigenvalue weighted by Gasteiger charge is 2.05. The quantitative estimate of drug-likeness (QED) is 0.601. The Kier molecular flexibility index (Phi) is 2.22. The van der Waals surface area contributed by atoms with Crippen LogP contribution in [0.15, 0.2) is 24.3 Å². The molecule has 0 bridgehead atoms. The van der Waals surface area contributed by atoms with E-state index in [1.807, 2.05) is 13.0 Å². The van der Waals surface area contributed by atoms with E-state index in [4.69, 9.17) is 5.26 Å². The van der Waals surface area contributed by atoms with Crippen LogP contribution in [0.2, 0.25) is 0 Å². The Hall–Kier alpha value is -1.36. The van der Waals surface area contributed by atoms with Gasteiger partial charge in [0, 0.05) is 5.56 Å². The Bertz CT molecular complexity index is 288. The summed E-state index contributed by atoms with van der Waals surface area (Å²) in [5.74, 6) is 0. The van der Waals surface area contributed by atoms with E-state index in [1.54, 1.807) is 24.3 Å². The van der Waals surface area contributed by atoms with Gasteiger partial charge < -0.3 is 0 Å². The lowest BCUT2D eigenvalue weighted by atomic mass is 10.1. The molecule has 0 radical (unpaired) electrons. The monoisotopic (exact) mass is 149 g/mol. The van der Waals surface area contributed by atoms with Crippen LogP contribution < -0.4 is 0 Å². The Morgan fingerprint density at radius 1 is 1.55 bits per heavy atom. The lowest BCUT2D eigenvalue weighted by molar-refractivity contribution is 0.424. The molecule has 0 aliphatic heterocycles. The van der Waals surface area contributed by atoms with Crippen molar-refractivity contribution in [3.63, 3.8) is 0 Å². The first-order chi connectivity index (χ1) is 5.24. The summed E-state index contributed by atoms with van der Waals surface area (Å²) in [7, 11) is 0. The largest absolute Gasteiger partial charge is 0.226 e. The summed E-state index contributed by atoms with van der Waals surface area (Å²) < 4.78 is 12.7. The molecule has 56 valence electrons. The zero-order valence-corrected chi connectivity index (χ0v) is 6.21. The SMILES string of the molecule is Cc1cccc(C(F)C#N)c1. The summed E-state index contributed by atoms with van der Waals surface area (Å²) in [6.45, 7) is 1.87. The van der Waals surface area contributed by atoms with Crippen molar-refractivity contribution in [3.8, 4) is 6.07 Å². The number of rotatable bonds is 1. The standard InChI is InChI=1S/C9H8FN/c1-7-3-2-4-8(5-7)9(10)6-11/h2-5,9H,1H3. The highest BCUT2D eigenvalue weighted by atomic mass is 19.1. The van der Waals surface area contributed by atoms with Crippen molar-refractivity contribution in [1.82, 2.24) is 0 Å². The van der Waals surface area contributed by atoms with E-state index >= 15 is 0 Å². The van der Waals surface area contributed by atoms with E-state index in [2.05, 4.69) is 0 Å². The molecular weight excluding hydrogens is 141 g/mol. The predicted molar refractivity (Wildman–Crippen MR) is 40.6 cm³/mol. The highest BCUT2D eigenvalue weighted by molar-refractivity contribution is 5.26. The van der Waals surface area contributed by atoms with E-state index in [0.717, 1.165) is 5.56 Å². The van der Waals surface area contributed by atoms with Gasteiger partial charge in [0.05, 0.1) is 0 Å². The number of nitriles is 1. The minimum atomic E-state index is -1.49. The average Bonchev–Trinajstić information content (AvgIpc) is 2.03. The van der Waals surface area contributed by atoms with Gasteiger partial charge >= 0.3 is 0 Å². The van der Waals surface area contributed by atoms with E-state index in [1.165, 1.54) is 0 Å². The van der Waals surface area contributed by atoms with Crippen LogP contribution in [0.5, 0.6) is 0 Å². The van der Waals surface area contributed by atoms with Crippen molar-refractivity contribution in [3.05, 3.63) is 35.4 Å². The van der Waals surface area contributed by atoms with Crippen LogP contribution in [0, 0.1) is 18.3 Å². The smallest absolute Gasteiger partial charge is 0.211 e. The summed E-state index contributed by atoms with van der Waals surface area (Å²) >= 11 is 0. The second-order valence-corrected chi connectivity index (χ2v) is 2.41. The van der Waals surface area contributed by atoms with Crippen molar-refractivity contribution in [1.29, 1.82) is 5.26 Å². The number of nitrogens with zero attached hydrogens (tertiary/aromatic N) is 1. The maximum Gasteiger partial charge on any atom is 0.211 e. The topological polar surface area (TPSA) is 23.8 Å². The fourth-order valence-corrected chi connectivity index (χ4v) is 0.902. The Morgan fingerprint density at radius 2 is 2.27 bits per heavy atom. The van der Waals surface area contributed by atoms with Gasteiger partial charge in [0.15, 0.2) is 0 Å². The van der Waals surface area contributed by atoms with Crippen LogP contribution in [0.3, 0.4) is 0 Å². The molecule has 0 aromatic heterocycles. The Labute approximate surface area is 65.1 Å².